The Balaban J connectivity index is 2.87. The molecule has 0 aliphatic carbocycles. The highest BCUT2D eigenvalue weighted by molar-refractivity contribution is 7.99. The van der Waals surface area contributed by atoms with Gasteiger partial charge in [-0.2, -0.15) is 11.8 Å². The van der Waals surface area contributed by atoms with Gasteiger partial charge in [-0.05, 0) is 18.6 Å². The van der Waals surface area contributed by atoms with Crippen molar-refractivity contribution in [3.8, 4) is 0 Å². The van der Waals surface area contributed by atoms with Crippen LogP contribution in [0.2, 0.25) is 0 Å². The third kappa shape index (κ3) is 4.03. The molecule has 0 bridgehead atoms. The molecule has 1 unspecified atom stereocenters. The molecule has 0 saturated heterocycles. The van der Waals surface area contributed by atoms with Crippen molar-refractivity contribution in [1.82, 2.24) is 9.97 Å². The maximum absolute atomic E-state index is 5.50. The number of thioether (sulfide) groups is 1. The van der Waals surface area contributed by atoms with Gasteiger partial charge in [0, 0.05) is 17.4 Å². The molecule has 1 atom stereocenters. The number of nitrogens with two attached hydrogens (primary N) is 1. The largest absolute Gasteiger partial charge is 0.366 e. The molecule has 0 amide bonds. The predicted octanol–water partition coefficient (Wildman–Crippen LogP) is 2.44. The van der Waals surface area contributed by atoms with E-state index in [0.717, 1.165) is 22.9 Å². The van der Waals surface area contributed by atoms with Gasteiger partial charge in [-0.25, -0.2) is 15.8 Å². The SMILES string of the molecule is CCSCC(C)Nc1ncnc(NN)c1C(C)C. The van der Waals surface area contributed by atoms with E-state index in [1.165, 1.54) is 6.33 Å². The van der Waals surface area contributed by atoms with E-state index in [9.17, 15) is 0 Å². The predicted molar refractivity (Wildman–Crippen MR) is 80.0 cm³/mol. The minimum atomic E-state index is 0.311. The van der Waals surface area contributed by atoms with Crippen LogP contribution in [0.1, 0.15) is 39.2 Å². The van der Waals surface area contributed by atoms with Gasteiger partial charge in [0.2, 0.25) is 0 Å². The Bertz CT molecular complexity index is 369. The van der Waals surface area contributed by atoms with Crippen molar-refractivity contribution >= 4 is 23.4 Å². The number of hydrazine groups is 1. The Hall–Kier alpha value is -1.01. The van der Waals surface area contributed by atoms with E-state index in [1.54, 1.807) is 0 Å². The van der Waals surface area contributed by atoms with E-state index in [2.05, 4.69) is 48.4 Å². The van der Waals surface area contributed by atoms with Crippen molar-refractivity contribution in [3.05, 3.63) is 11.9 Å². The monoisotopic (exact) mass is 269 g/mol. The molecule has 0 aliphatic heterocycles. The number of nitrogens with zero attached hydrogens (tertiary/aromatic N) is 2. The van der Waals surface area contributed by atoms with Gasteiger partial charge in [-0.1, -0.05) is 20.8 Å². The summed E-state index contributed by atoms with van der Waals surface area (Å²) in [5.74, 6) is 9.56. The molecule has 4 N–H and O–H groups in total. The quantitative estimate of drug-likeness (QED) is 0.521. The second-order valence-electron chi connectivity index (χ2n) is 4.49. The van der Waals surface area contributed by atoms with Crippen LogP contribution in [0.4, 0.5) is 11.6 Å². The zero-order valence-corrected chi connectivity index (χ0v) is 12.3. The van der Waals surface area contributed by atoms with Crippen LogP contribution in [0.5, 0.6) is 0 Å². The summed E-state index contributed by atoms with van der Waals surface area (Å²) in [7, 11) is 0. The van der Waals surface area contributed by atoms with Gasteiger partial charge < -0.3 is 10.7 Å². The zero-order chi connectivity index (χ0) is 13.5. The standard InChI is InChI=1S/C12H23N5S/c1-5-18-6-9(4)16-11-10(8(2)3)12(17-13)15-7-14-11/h7-9H,5-6,13H2,1-4H3,(H2,14,15,16,17). The normalized spacial score (nSPS) is 12.6. The number of hydrogen-bond acceptors (Lipinski definition) is 6. The van der Waals surface area contributed by atoms with Crippen LogP contribution in [0.25, 0.3) is 0 Å². The fourth-order valence-electron chi connectivity index (χ4n) is 1.74. The van der Waals surface area contributed by atoms with Gasteiger partial charge in [0.05, 0.1) is 0 Å². The second kappa shape index (κ2) is 7.43. The fraction of sp³-hybridized carbons (Fsp3) is 0.667. The lowest BCUT2D eigenvalue weighted by atomic mass is 10.0. The summed E-state index contributed by atoms with van der Waals surface area (Å²) in [5.41, 5.74) is 3.67. The minimum Gasteiger partial charge on any atom is -0.366 e. The van der Waals surface area contributed by atoms with Crippen LogP contribution >= 0.6 is 11.8 Å². The van der Waals surface area contributed by atoms with Crippen molar-refractivity contribution in [1.29, 1.82) is 0 Å². The Labute approximate surface area is 113 Å². The maximum atomic E-state index is 5.50. The van der Waals surface area contributed by atoms with E-state index in [-0.39, 0.29) is 0 Å². The first kappa shape index (κ1) is 15.0. The van der Waals surface area contributed by atoms with E-state index in [4.69, 9.17) is 5.84 Å². The van der Waals surface area contributed by atoms with Gasteiger partial charge in [0.15, 0.2) is 0 Å². The summed E-state index contributed by atoms with van der Waals surface area (Å²) in [6.07, 6.45) is 1.53. The van der Waals surface area contributed by atoms with Crippen LogP contribution in [-0.2, 0) is 0 Å². The average Bonchev–Trinajstić information content (AvgIpc) is 2.35. The molecule has 6 heteroatoms. The van der Waals surface area contributed by atoms with E-state index >= 15 is 0 Å². The molecule has 0 fully saturated rings. The molecule has 0 radical (unpaired) electrons. The number of anilines is 2. The van der Waals surface area contributed by atoms with Gasteiger partial charge in [-0.3, -0.25) is 0 Å². The molecule has 0 aromatic carbocycles. The van der Waals surface area contributed by atoms with Gasteiger partial charge in [0.1, 0.15) is 18.0 Å². The number of hydrogen-bond donors (Lipinski definition) is 3. The molecular weight excluding hydrogens is 246 g/mol. The third-order valence-corrected chi connectivity index (χ3v) is 3.70. The van der Waals surface area contributed by atoms with E-state index < -0.39 is 0 Å². The Morgan fingerprint density at radius 1 is 1.28 bits per heavy atom. The van der Waals surface area contributed by atoms with Crippen molar-refractivity contribution in [2.75, 3.05) is 22.2 Å². The van der Waals surface area contributed by atoms with Crippen LogP contribution in [0, 0.1) is 0 Å². The van der Waals surface area contributed by atoms with Crippen LogP contribution in [0.3, 0.4) is 0 Å². The molecular formula is C12H23N5S. The second-order valence-corrected chi connectivity index (χ2v) is 5.81. The van der Waals surface area contributed by atoms with Crippen molar-refractivity contribution in [2.24, 2.45) is 5.84 Å². The van der Waals surface area contributed by atoms with Gasteiger partial charge in [-0.15, -0.1) is 0 Å². The summed E-state index contributed by atoms with van der Waals surface area (Å²) in [6, 6.07) is 0.368. The molecule has 0 spiro atoms. The molecule has 1 aromatic rings. The first-order valence-corrected chi connectivity index (χ1v) is 7.41. The fourth-order valence-corrected chi connectivity index (χ4v) is 2.41. The Morgan fingerprint density at radius 3 is 2.50 bits per heavy atom. The van der Waals surface area contributed by atoms with Crippen LogP contribution in [0.15, 0.2) is 6.33 Å². The molecule has 1 aromatic heterocycles. The lowest BCUT2D eigenvalue weighted by Gasteiger charge is -2.19. The highest BCUT2D eigenvalue weighted by atomic mass is 32.2. The Morgan fingerprint density at radius 2 is 1.94 bits per heavy atom. The lowest BCUT2D eigenvalue weighted by molar-refractivity contribution is 0.827. The van der Waals surface area contributed by atoms with Crippen molar-refractivity contribution in [3.63, 3.8) is 0 Å². The average molecular weight is 269 g/mol. The first-order valence-electron chi connectivity index (χ1n) is 6.25. The number of aromatic nitrogens is 2. The smallest absolute Gasteiger partial charge is 0.148 e. The van der Waals surface area contributed by atoms with Crippen molar-refractivity contribution < 1.29 is 0 Å². The summed E-state index contributed by atoms with van der Waals surface area (Å²) >= 11 is 1.91. The van der Waals surface area contributed by atoms with Gasteiger partial charge in [0.25, 0.3) is 0 Å². The number of nitrogens with one attached hydrogen (secondary N) is 2. The van der Waals surface area contributed by atoms with Crippen molar-refractivity contribution in [2.45, 2.75) is 39.7 Å². The van der Waals surface area contributed by atoms with E-state index in [0.29, 0.717) is 17.8 Å². The molecule has 5 nitrogen and oxygen atoms in total. The summed E-state index contributed by atoms with van der Waals surface area (Å²) in [6.45, 7) is 8.54. The summed E-state index contributed by atoms with van der Waals surface area (Å²) < 4.78 is 0. The molecule has 1 rings (SSSR count). The van der Waals surface area contributed by atoms with Crippen LogP contribution < -0.4 is 16.6 Å². The Kier molecular flexibility index (Phi) is 6.21. The highest BCUT2D eigenvalue weighted by Crippen LogP contribution is 2.28. The number of nitrogen functional groups attached to an aromatic ring is 1. The van der Waals surface area contributed by atoms with Gasteiger partial charge >= 0.3 is 0 Å². The summed E-state index contributed by atoms with van der Waals surface area (Å²) in [5, 5.41) is 3.43. The lowest BCUT2D eigenvalue weighted by Crippen LogP contribution is -2.22. The minimum absolute atomic E-state index is 0.311. The molecule has 18 heavy (non-hydrogen) atoms. The zero-order valence-electron chi connectivity index (χ0n) is 11.5. The van der Waals surface area contributed by atoms with Crippen LogP contribution in [-0.4, -0.2) is 27.5 Å². The molecule has 0 aliphatic rings. The molecule has 1 heterocycles. The number of rotatable bonds is 7. The maximum Gasteiger partial charge on any atom is 0.148 e. The summed E-state index contributed by atoms with van der Waals surface area (Å²) in [4.78, 5) is 8.49. The third-order valence-electron chi connectivity index (χ3n) is 2.55. The molecule has 102 valence electrons. The topological polar surface area (TPSA) is 75.9 Å². The van der Waals surface area contributed by atoms with E-state index in [1.807, 2.05) is 11.8 Å². The first-order chi connectivity index (χ1) is 8.60. The highest BCUT2D eigenvalue weighted by Gasteiger charge is 2.15. The molecule has 0 saturated carbocycles.